The van der Waals surface area contributed by atoms with Crippen LogP contribution < -0.4 is 19.6 Å². The van der Waals surface area contributed by atoms with Gasteiger partial charge in [-0.25, -0.2) is 5.43 Å². The maximum absolute atomic E-state index is 12.1. The maximum Gasteiger partial charge on any atom is 0.277 e. The number of nitrogens with zero attached hydrogens (tertiary/aromatic N) is 1. The minimum atomic E-state index is -0.340. The largest absolute Gasteiger partial charge is 0.497 e. The molecule has 0 unspecified atom stereocenters. The van der Waals surface area contributed by atoms with Gasteiger partial charge in [0, 0.05) is 10.9 Å². The second kappa shape index (κ2) is 8.90. The number of carbonyl (C=O) groups excluding carboxylic acids is 1. The average Bonchev–Trinajstić information content (AvgIpc) is 2.75. The van der Waals surface area contributed by atoms with E-state index in [1.807, 2.05) is 43.3 Å². The van der Waals surface area contributed by atoms with Crippen LogP contribution in [0, 0.1) is 0 Å². The number of hydrogen-bond donors (Lipinski definition) is 1. The van der Waals surface area contributed by atoms with E-state index >= 15 is 0 Å². The first-order chi connectivity index (χ1) is 13.6. The number of fused-ring (bicyclic) bond motifs is 1. The van der Waals surface area contributed by atoms with E-state index in [4.69, 9.17) is 14.2 Å². The Balaban J connectivity index is 1.67. The van der Waals surface area contributed by atoms with Crippen LogP contribution in [0.2, 0.25) is 0 Å². The SMILES string of the molecule is COc1ccc(OCC(=O)N/N=C(/C)c2ccc(OC)c3ccccc23)cc1. The fraction of sp³-hybridized carbons (Fsp3) is 0.182. The van der Waals surface area contributed by atoms with E-state index in [1.165, 1.54) is 0 Å². The molecule has 0 radical (unpaired) electrons. The topological polar surface area (TPSA) is 69.2 Å². The molecule has 0 saturated carbocycles. The maximum atomic E-state index is 12.1. The zero-order valence-corrected chi connectivity index (χ0v) is 16.1. The third kappa shape index (κ3) is 4.40. The van der Waals surface area contributed by atoms with Gasteiger partial charge >= 0.3 is 0 Å². The van der Waals surface area contributed by atoms with Gasteiger partial charge in [-0.3, -0.25) is 4.79 Å². The molecule has 3 aromatic rings. The van der Waals surface area contributed by atoms with Gasteiger partial charge in [0.05, 0.1) is 19.9 Å². The van der Waals surface area contributed by atoms with Crippen LogP contribution in [-0.2, 0) is 4.79 Å². The number of methoxy groups -OCH3 is 2. The molecular weight excluding hydrogens is 356 g/mol. The molecule has 1 amide bonds. The van der Waals surface area contributed by atoms with Crippen LogP contribution in [0.4, 0.5) is 0 Å². The van der Waals surface area contributed by atoms with Gasteiger partial charge in [-0.1, -0.05) is 24.3 Å². The van der Waals surface area contributed by atoms with Crippen molar-refractivity contribution in [2.75, 3.05) is 20.8 Å². The first-order valence-corrected chi connectivity index (χ1v) is 8.78. The predicted octanol–water partition coefficient (Wildman–Crippen LogP) is 3.78. The summed E-state index contributed by atoms with van der Waals surface area (Å²) in [6.07, 6.45) is 0. The first kappa shape index (κ1) is 19.2. The van der Waals surface area contributed by atoms with Crippen LogP contribution in [0.15, 0.2) is 65.8 Å². The number of ether oxygens (including phenoxy) is 3. The molecule has 28 heavy (non-hydrogen) atoms. The zero-order valence-electron chi connectivity index (χ0n) is 16.1. The van der Waals surface area contributed by atoms with Gasteiger partial charge in [0.1, 0.15) is 17.2 Å². The number of amides is 1. The molecule has 0 aliphatic heterocycles. The van der Waals surface area contributed by atoms with Crippen molar-refractivity contribution in [3.8, 4) is 17.2 Å². The van der Waals surface area contributed by atoms with Crippen molar-refractivity contribution in [2.24, 2.45) is 5.10 Å². The third-order valence-electron chi connectivity index (χ3n) is 4.27. The average molecular weight is 378 g/mol. The molecule has 0 aromatic heterocycles. The van der Waals surface area contributed by atoms with Gasteiger partial charge in [-0.15, -0.1) is 0 Å². The number of nitrogens with one attached hydrogen (secondary N) is 1. The Hall–Kier alpha value is -3.54. The predicted molar refractivity (Wildman–Crippen MR) is 109 cm³/mol. The Morgan fingerprint density at radius 2 is 1.57 bits per heavy atom. The lowest BCUT2D eigenvalue weighted by molar-refractivity contribution is -0.123. The lowest BCUT2D eigenvalue weighted by Crippen LogP contribution is -2.25. The molecule has 0 fully saturated rings. The number of rotatable bonds is 7. The van der Waals surface area contributed by atoms with Gasteiger partial charge in [-0.05, 0) is 48.7 Å². The molecule has 3 rings (SSSR count). The molecule has 1 N–H and O–H groups in total. The van der Waals surface area contributed by atoms with E-state index in [2.05, 4.69) is 10.5 Å². The summed E-state index contributed by atoms with van der Waals surface area (Å²) in [6.45, 7) is 1.71. The van der Waals surface area contributed by atoms with Crippen LogP contribution in [0.5, 0.6) is 17.2 Å². The summed E-state index contributed by atoms with van der Waals surface area (Å²) >= 11 is 0. The Morgan fingerprint density at radius 1 is 0.893 bits per heavy atom. The van der Waals surface area contributed by atoms with Crippen molar-refractivity contribution in [3.05, 3.63) is 66.2 Å². The molecule has 0 bridgehead atoms. The van der Waals surface area contributed by atoms with E-state index in [-0.39, 0.29) is 12.5 Å². The fourth-order valence-corrected chi connectivity index (χ4v) is 2.82. The smallest absolute Gasteiger partial charge is 0.277 e. The van der Waals surface area contributed by atoms with Crippen molar-refractivity contribution in [1.82, 2.24) is 5.43 Å². The first-order valence-electron chi connectivity index (χ1n) is 8.78. The Bertz CT molecular complexity index is 997. The normalized spacial score (nSPS) is 11.2. The van der Waals surface area contributed by atoms with Crippen molar-refractivity contribution in [2.45, 2.75) is 6.92 Å². The summed E-state index contributed by atoms with van der Waals surface area (Å²) in [4.78, 5) is 12.1. The van der Waals surface area contributed by atoms with Crippen molar-refractivity contribution in [3.63, 3.8) is 0 Å². The van der Waals surface area contributed by atoms with Crippen molar-refractivity contribution >= 4 is 22.4 Å². The van der Waals surface area contributed by atoms with Crippen LogP contribution in [0.3, 0.4) is 0 Å². The molecule has 0 aliphatic carbocycles. The molecule has 0 aliphatic rings. The highest BCUT2D eigenvalue weighted by molar-refractivity contribution is 6.11. The van der Waals surface area contributed by atoms with E-state index in [9.17, 15) is 4.79 Å². The second-order valence-corrected chi connectivity index (χ2v) is 6.06. The van der Waals surface area contributed by atoms with E-state index in [0.29, 0.717) is 11.5 Å². The summed E-state index contributed by atoms with van der Waals surface area (Å²) < 4.78 is 16.0. The quantitative estimate of drug-likeness (QED) is 0.502. The standard InChI is InChI=1S/C22H22N2O4/c1-15(18-12-13-21(27-3)20-7-5-4-6-19(18)20)23-24-22(25)14-28-17-10-8-16(26-2)9-11-17/h4-13H,14H2,1-3H3,(H,24,25)/b23-15-. The summed E-state index contributed by atoms with van der Waals surface area (Å²) in [5, 5.41) is 6.21. The molecule has 0 atom stereocenters. The van der Waals surface area contributed by atoms with E-state index < -0.39 is 0 Å². The Labute approximate surface area is 163 Å². The van der Waals surface area contributed by atoms with Crippen LogP contribution in [0.25, 0.3) is 10.8 Å². The highest BCUT2D eigenvalue weighted by Gasteiger charge is 2.09. The van der Waals surface area contributed by atoms with E-state index in [0.717, 1.165) is 27.8 Å². The van der Waals surface area contributed by atoms with E-state index in [1.54, 1.807) is 38.5 Å². The third-order valence-corrected chi connectivity index (χ3v) is 4.27. The van der Waals surface area contributed by atoms with Crippen LogP contribution in [-0.4, -0.2) is 32.4 Å². The van der Waals surface area contributed by atoms with Gasteiger partial charge in [0.2, 0.25) is 0 Å². The molecule has 6 heteroatoms. The highest BCUT2D eigenvalue weighted by atomic mass is 16.5. The van der Waals surface area contributed by atoms with Crippen molar-refractivity contribution in [1.29, 1.82) is 0 Å². The summed E-state index contributed by atoms with van der Waals surface area (Å²) in [6, 6.07) is 18.8. The molecular formula is C22H22N2O4. The van der Waals surface area contributed by atoms with Gasteiger partial charge < -0.3 is 14.2 Å². The van der Waals surface area contributed by atoms with Gasteiger partial charge in [0.25, 0.3) is 5.91 Å². The number of hydrogen-bond acceptors (Lipinski definition) is 5. The van der Waals surface area contributed by atoms with Gasteiger partial charge in [-0.2, -0.15) is 5.10 Å². The minimum absolute atomic E-state index is 0.132. The zero-order chi connectivity index (χ0) is 19.9. The molecule has 0 spiro atoms. The second-order valence-electron chi connectivity index (χ2n) is 6.06. The van der Waals surface area contributed by atoms with Crippen LogP contribution in [0.1, 0.15) is 12.5 Å². The highest BCUT2D eigenvalue weighted by Crippen LogP contribution is 2.28. The van der Waals surface area contributed by atoms with Gasteiger partial charge in [0.15, 0.2) is 6.61 Å². The number of carbonyl (C=O) groups is 1. The summed E-state index contributed by atoms with van der Waals surface area (Å²) in [5.74, 6) is 1.76. The van der Waals surface area contributed by atoms with Crippen molar-refractivity contribution < 1.29 is 19.0 Å². The summed E-state index contributed by atoms with van der Waals surface area (Å²) in [5.41, 5.74) is 4.15. The molecule has 0 saturated heterocycles. The Morgan fingerprint density at radius 3 is 2.25 bits per heavy atom. The minimum Gasteiger partial charge on any atom is -0.497 e. The lowest BCUT2D eigenvalue weighted by atomic mass is 10.0. The Kier molecular flexibility index (Phi) is 6.11. The number of hydrazone groups is 1. The van der Waals surface area contributed by atoms with Crippen LogP contribution >= 0.6 is 0 Å². The molecule has 0 heterocycles. The molecule has 3 aromatic carbocycles. The molecule has 144 valence electrons. The lowest BCUT2D eigenvalue weighted by Gasteiger charge is -2.10. The monoisotopic (exact) mass is 378 g/mol. The summed E-state index contributed by atoms with van der Waals surface area (Å²) in [7, 11) is 3.24. The molecule has 6 nitrogen and oxygen atoms in total. The fourth-order valence-electron chi connectivity index (χ4n) is 2.82. The number of benzene rings is 3.